The van der Waals surface area contributed by atoms with E-state index in [1.807, 2.05) is 38.1 Å². The molecule has 0 radical (unpaired) electrons. The van der Waals surface area contributed by atoms with Gasteiger partial charge in [0, 0.05) is 18.4 Å². The molecule has 11 nitrogen and oxygen atoms in total. The number of rotatable bonds is 8. The maximum atomic E-state index is 14.5. The number of amides is 2. The van der Waals surface area contributed by atoms with E-state index in [1.54, 1.807) is 28.2 Å². The Labute approximate surface area is 242 Å². The summed E-state index contributed by atoms with van der Waals surface area (Å²) in [5.41, 5.74) is 8.99. The fourth-order valence-corrected chi connectivity index (χ4v) is 5.37. The summed E-state index contributed by atoms with van der Waals surface area (Å²) in [6, 6.07) is 7.97. The van der Waals surface area contributed by atoms with Crippen molar-refractivity contribution in [3.8, 4) is 5.75 Å². The summed E-state index contributed by atoms with van der Waals surface area (Å²) in [6.45, 7) is 2.77. The molecule has 4 aromatic rings. The molecule has 41 heavy (non-hydrogen) atoms. The van der Waals surface area contributed by atoms with Crippen LogP contribution >= 0.6 is 12.8 Å². The normalized spacial score (nSPS) is 12.9. The number of carbonyl (C=O) groups excluding carboxylic acids is 2. The average molecular weight is 579 g/mol. The highest BCUT2D eigenvalue weighted by molar-refractivity contribution is 7.78. The molecule has 5 rings (SSSR count). The van der Waals surface area contributed by atoms with Gasteiger partial charge in [-0.3, -0.25) is 13.6 Å². The van der Waals surface area contributed by atoms with Gasteiger partial charge in [0.15, 0.2) is 5.65 Å². The van der Waals surface area contributed by atoms with Crippen molar-refractivity contribution in [1.29, 1.82) is 0 Å². The lowest BCUT2D eigenvalue weighted by atomic mass is 10.00. The first-order valence-corrected chi connectivity index (χ1v) is 13.3. The van der Waals surface area contributed by atoms with Crippen LogP contribution in [0.4, 0.5) is 33.2 Å². The first-order chi connectivity index (χ1) is 19.6. The molecule has 4 N–H and O–H groups in total. The first kappa shape index (κ1) is 28.2. The Balaban J connectivity index is 1.59. The highest BCUT2D eigenvalue weighted by Gasteiger charge is 2.26. The summed E-state index contributed by atoms with van der Waals surface area (Å²) < 4.78 is 21.7. The lowest BCUT2D eigenvalue weighted by molar-refractivity contribution is -0.119. The van der Waals surface area contributed by atoms with Gasteiger partial charge in [0.25, 0.3) is 5.91 Å². The molecule has 0 fully saturated rings. The van der Waals surface area contributed by atoms with Crippen molar-refractivity contribution in [2.75, 3.05) is 49.8 Å². The summed E-state index contributed by atoms with van der Waals surface area (Å²) >= 11 is 4.52. The van der Waals surface area contributed by atoms with Gasteiger partial charge in [-0.05, 0) is 69.3 Å². The first-order valence-electron chi connectivity index (χ1n) is 12.9. The highest BCUT2D eigenvalue weighted by Crippen LogP contribution is 2.39. The molecular weight excluding hydrogens is 547 g/mol. The Hall–Kier alpha value is -4.36. The van der Waals surface area contributed by atoms with E-state index < -0.39 is 11.7 Å². The molecule has 0 saturated heterocycles. The Morgan fingerprint density at radius 3 is 2.68 bits per heavy atom. The second kappa shape index (κ2) is 11.3. The fourth-order valence-electron chi connectivity index (χ4n) is 5.05. The Morgan fingerprint density at radius 1 is 1.20 bits per heavy atom. The molecule has 3 heterocycles. The molecule has 0 saturated carbocycles. The van der Waals surface area contributed by atoms with Gasteiger partial charge in [0.05, 0.1) is 36.0 Å². The van der Waals surface area contributed by atoms with Gasteiger partial charge in [-0.2, -0.15) is 9.97 Å². The minimum atomic E-state index is -0.912. The minimum Gasteiger partial charge on any atom is -0.495 e. The van der Waals surface area contributed by atoms with E-state index in [1.165, 1.54) is 6.07 Å². The maximum Gasteiger partial charge on any atom is 0.253 e. The van der Waals surface area contributed by atoms with Crippen LogP contribution in [0.2, 0.25) is 0 Å². The van der Waals surface area contributed by atoms with E-state index in [-0.39, 0.29) is 29.7 Å². The largest absolute Gasteiger partial charge is 0.495 e. The van der Waals surface area contributed by atoms with Gasteiger partial charge in [0.2, 0.25) is 11.9 Å². The third-order valence-electron chi connectivity index (χ3n) is 6.85. The number of carbonyl (C=O) groups is 2. The summed E-state index contributed by atoms with van der Waals surface area (Å²) in [4.78, 5) is 38.0. The molecule has 13 heteroatoms. The monoisotopic (exact) mass is 578 g/mol. The van der Waals surface area contributed by atoms with Gasteiger partial charge in [-0.1, -0.05) is 18.9 Å². The summed E-state index contributed by atoms with van der Waals surface area (Å²) in [5.74, 6) is -0.602. The molecule has 2 aromatic carbocycles. The zero-order valence-corrected chi connectivity index (χ0v) is 24.1. The van der Waals surface area contributed by atoms with Crippen molar-refractivity contribution in [3.63, 3.8) is 0 Å². The number of fused-ring (bicyclic) bond motifs is 2. The number of aryl methyl sites for hydroxylation is 2. The minimum absolute atomic E-state index is 0.0000486. The number of nitrogens with two attached hydrogens (primary N) is 1. The summed E-state index contributed by atoms with van der Waals surface area (Å²) in [7, 11) is 5.29. The predicted octanol–water partition coefficient (Wildman–Crippen LogP) is 4.01. The number of primary amides is 1. The van der Waals surface area contributed by atoms with Crippen molar-refractivity contribution in [2.24, 2.45) is 5.73 Å². The molecule has 0 spiro atoms. The van der Waals surface area contributed by atoms with Gasteiger partial charge < -0.3 is 30.9 Å². The van der Waals surface area contributed by atoms with Crippen LogP contribution in [0.5, 0.6) is 5.75 Å². The molecule has 2 aromatic heterocycles. The van der Waals surface area contributed by atoms with Crippen LogP contribution < -0.4 is 26.0 Å². The number of likely N-dealkylation sites (N-methyl/N-ethyl adjacent to an activating group) is 1. The van der Waals surface area contributed by atoms with Gasteiger partial charge in [-0.25, -0.2) is 4.39 Å². The van der Waals surface area contributed by atoms with E-state index in [4.69, 9.17) is 10.5 Å². The smallest absolute Gasteiger partial charge is 0.253 e. The fraction of sp³-hybridized carbons (Fsp3) is 0.286. The molecule has 1 aliphatic rings. The van der Waals surface area contributed by atoms with Crippen LogP contribution in [0.25, 0.3) is 11.0 Å². The molecule has 0 bridgehead atoms. The molecule has 0 aliphatic carbocycles. The van der Waals surface area contributed by atoms with E-state index in [0.29, 0.717) is 34.8 Å². The SMILES string of the molecule is COc1cc2c(cc1Nc1nc(Nc3cccc(F)c3C(N)=O)c3c(C)cn(S)c3n1)N(C(=O)CN(C)C)CCC2. The van der Waals surface area contributed by atoms with Crippen molar-refractivity contribution in [2.45, 2.75) is 19.8 Å². The molecule has 0 unspecified atom stereocenters. The van der Waals surface area contributed by atoms with E-state index in [9.17, 15) is 14.0 Å². The number of halogens is 1. The number of nitrogens with zero attached hydrogens (tertiary/aromatic N) is 5. The van der Waals surface area contributed by atoms with E-state index >= 15 is 0 Å². The van der Waals surface area contributed by atoms with Crippen molar-refractivity contribution in [1.82, 2.24) is 18.8 Å². The number of hydrogen-bond donors (Lipinski definition) is 4. The lowest BCUT2D eigenvalue weighted by Gasteiger charge is -2.31. The number of methoxy groups -OCH3 is 1. The predicted molar refractivity (Wildman–Crippen MR) is 160 cm³/mol. The third-order valence-corrected chi connectivity index (χ3v) is 7.15. The zero-order valence-electron chi connectivity index (χ0n) is 23.2. The van der Waals surface area contributed by atoms with E-state index in [0.717, 1.165) is 35.7 Å². The summed E-state index contributed by atoms with van der Waals surface area (Å²) in [5, 5.41) is 6.93. The standard InChI is InChI=1S/C28H31FN8O3S/c1-15-13-37(41)27-23(15)26(31-18-9-5-8-17(29)24(18)25(30)39)33-28(34-27)32-19-12-20-16(11-21(19)40-4)7-6-10-36(20)22(38)14-35(2)3/h5,8-9,11-13,41H,6-7,10,14H2,1-4H3,(H2,30,39)(H2,31,32,33,34). The Kier molecular flexibility index (Phi) is 7.74. The molecule has 2 amide bonds. The Bertz CT molecular complexity index is 1670. The van der Waals surface area contributed by atoms with Gasteiger partial charge in [-0.15, -0.1) is 0 Å². The van der Waals surface area contributed by atoms with Crippen LogP contribution in [0.3, 0.4) is 0 Å². The second-order valence-electron chi connectivity index (χ2n) is 10.1. The van der Waals surface area contributed by atoms with Gasteiger partial charge >= 0.3 is 0 Å². The zero-order chi connectivity index (χ0) is 29.4. The third kappa shape index (κ3) is 5.50. The second-order valence-corrected chi connectivity index (χ2v) is 10.5. The topological polar surface area (TPSA) is 131 Å². The molecular formula is C28H31FN8O3S. The van der Waals surface area contributed by atoms with Crippen molar-refractivity contribution < 1.29 is 18.7 Å². The van der Waals surface area contributed by atoms with Crippen molar-refractivity contribution in [3.05, 3.63) is 59.0 Å². The highest BCUT2D eigenvalue weighted by atomic mass is 32.1. The van der Waals surface area contributed by atoms with Crippen molar-refractivity contribution >= 4 is 64.5 Å². The van der Waals surface area contributed by atoms with Crippen LogP contribution in [0.15, 0.2) is 36.5 Å². The molecule has 1 aliphatic heterocycles. The number of aromatic nitrogens is 3. The quantitative estimate of drug-likeness (QED) is 0.231. The number of anilines is 5. The number of nitrogens with one attached hydrogen (secondary N) is 2. The molecule has 0 atom stereocenters. The number of thiol groups is 1. The maximum absolute atomic E-state index is 14.5. The van der Waals surface area contributed by atoms with Gasteiger partial charge in [0.1, 0.15) is 17.4 Å². The van der Waals surface area contributed by atoms with E-state index in [2.05, 4.69) is 33.4 Å². The Morgan fingerprint density at radius 2 is 1.98 bits per heavy atom. The van der Waals surface area contributed by atoms with Crippen LogP contribution in [0, 0.1) is 12.7 Å². The lowest BCUT2D eigenvalue weighted by Crippen LogP contribution is -2.40. The van der Waals surface area contributed by atoms with Crippen LogP contribution in [-0.2, 0) is 11.2 Å². The number of hydrogen-bond acceptors (Lipinski definition) is 9. The van der Waals surface area contributed by atoms with Crippen LogP contribution in [-0.4, -0.2) is 64.9 Å². The number of ether oxygens (including phenoxy) is 1. The molecule has 214 valence electrons. The average Bonchev–Trinajstić information content (AvgIpc) is 3.20. The van der Waals surface area contributed by atoms with Crippen LogP contribution in [0.1, 0.15) is 27.9 Å². The summed E-state index contributed by atoms with van der Waals surface area (Å²) in [6.07, 6.45) is 3.44. The number of benzene rings is 2.